The first kappa shape index (κ1) is 30.3. The van der Waals surface area contributed by atoms with E-state index in [1.165, 1.54) is 23.1 Å². The van der Waals surface area contributed by atoms with Crippen LogP contribution in [0.2, 0.25) is 0 Å². The normalized spacial score (nSPS) is 14.6. The number of benzene rings is 5. The van der Waals surface area contributed by atoms with E-state index in [1.54, 1.807) is 0 Å². The van der Waals surface area contributed by atoms with Crippen LogP contribution in [0.25, 0.3) is 56.4 Å². The highest BCUT2D eigenvalue weighted by atomic mass is 15.0. The standard InChI is InChI=1S/C43H38N4/c1-28-21-37-38(43(4,5)20-19-42(37,2)3)26-36(28)34-22-29(27-44)23-35(25-34)41-46-39(31-15-10-7-11-16-31)45-40(47-41)33-18-12-17-32(24-33)30-13-8-6-9-14-30/h6-18,21-26H,19-20H2,1-5H3. The average Bonchev–Trinajstić information content (AvgIpc) is 3.10. The quantitative estimate of drug-likeness (QED) is 0.195. The highest BCUT2D eigenvalue weighted by molar-refractivity contribution is 5.78. The third-order valence-electron chi connectivity index (χ3n) is 9.72. The molecule has 230 valence electrons. The van der Waals surface area contributed by atoms with Crippen LogP contribution in [0.5, 0.6) is 0 Å². The summed E-state index contributed by atoms with van der Waals surface area (Å²) in [4.78, 5) is 15.0. The Morgan fingerprint density at radius 3 is 1.64 bits per heavy atom. The molecule has 5 aromatic carbocycles. The van der Waals surface area contributed by atoms with Crippen molar-refractivity contribution in [3.8, 4) is 62.5 Å². The van der Waals surface area contributed by atoms with Gasteiger partial charge >= 0.3 is 0 Å². The van der Waals surface area contributed by atoms with E-state index in [-0.39, 0.29) is 10.8 Å². The van der Waals surface area contributed by atoms with E-state index in [9.17, 15) is 5.26 Å². The van der Waals surface area contributed by atoms with Crippen LogP contribution in [0.1, 0.15) is 62.8 Å². The maximum Gasteiger partial charge on any atom is 0.164 e. The SMILES string of the molecule is Cc1cc2c(cc1-c1cc(C#N)cc(-c3nc(-c4ccccc4)nc(-c4cccc(-c5ccccc5)c4)n3)c1)C(C)(C)CCC2(C)C. The van der Waals surface area contributed by atoms with Crippen molar-refractivity contribution in [1.29, 1.82) is 5.26 Å². The lowest BCUT2D eigenvalue weighted by molar-refractivity contribution is 0.332. The van der Waals surface area contributed by atoms with Crippen LogP contribution < -0.4 is 0 Å². The minimum absolute atomic E-state index is 0.0744. The fourth-order valence-corrected chi connectivity index (χ4v) is 6.83. The average molecular weight is 611 g/mol. The summed E-state index contributed by atoms with van der Waals surface area (Å²) >= 11 is 0. The largest absolute Gasteiger partial charge is 0.208 e. The van der Waals surface area contributed by atoms with E-state index < -0.39 is 0 Å². The second-order valence-electron chi connectivity index (χ2n) is 14.0. The van der Waals surface area contributed by atoms with Gasteiger partial charge in [0.05, 0.1) is 11.6 Å². The van der Waals surface area contributed by atoms with Gasteiger partial charge in [-0.25, -0.2) is 15.0 Å². The van der Waals surface area contributed by atoms with Crippen molar-refractivity contribution in [2.45, 2.75) is 58.3 Å². The van der Waals surface area contributed by atoms with Gasteiger partial charge in [-0.05, 0) is 93.8 Å². The Hall–Kier alpha value is -5.40. The van der Waals surface area contributed by atoms with E-state index in [0.29, 0.717) is 23.0 Å². The number of hydrogen-bond donors (Lipinski definition) is 0. The summed E-state index contributed by atoms with van der Waals surface area (Å²) in [6.07, 6.45) is 2.31. The highest BCUT2D eigenvalue weighted by Gasteiger charge is 2.37. The van der Waals surface area contributed by atoms with Crippen molar-refractivity contribution in [3.05, 3.63) is 138 Å². The van der Waals surface area contributed by atoms with Crippen LogP contribution >= 0.6 is 0 Å². The number of aryl methyl sites for hydroxylation is 1. The first-order valence-electron chi connectivity index (χ1n) is 16.3. The summed E-state index contributed by atoms with van der Waals surface area (Å²) < 4.78 is 0. The van der Waals surface area contributed by atoms with Gasteiger partial charge in [0.25, 0.3) is 0 Å². The van der Waals surface area contributed by atoms with E-state index in [2.05, 4.69) is 83.2 Å². The van der Waals surface area contributed by atoms with Crippen molar-refractivity contribution in [1.82, 2.24) is 15.0 Å². The maximum absolute atomic E-state index is 10.2. The molecule has 4 nitrogen and oxygen atoms in total. The predicted octanol–water partition coefficient (Wildman–Crippen LogP) is 10.7. The van der Waals surface area contributed by atoms with Crippen LogP contribution in [-0.2, 0) is 10.8 Å². The lowest BCUT2D eigenvalue weighted by atomic mass is 9.62. The van der Waals surface area contributed by atoms with Gasteiger partial charge in [-0.1, -0.05) is 119 Å². The smallest absolute Gasteiger partial charge is 0.164 e. The molecule has 0 unspecified atom stereocenters. The van der Waals surface area contributed by atoms with Crippen LogP contribution in [0, 0.1) is 18.3 Å². The fraction of sp³-hybridized carbons (Fsp3) is 0.209. The second kappa shape index (κ2) is 11.8. The number of aromatic nitrogens is 3. The zero-order chi connectivity index (χ0) is 32.8. The van der Waals surface area contributed by atoms with Gasteiger partial charge in [0.1, 0.15) is 0 Å². The second-order valence-corrected chi connectivity index (χ2v) is 14.0. The Bertz CT molecular complexity index is 2160. The van der Waals surface area contributed by atoms with Crippen LogP contribution in [-0.4, -0.2) is 15.0 Å². The van der Waals surface area contributed by atoms with Gasteiger partial charge in [0, 0.05) is 16.7 Å². The van der Waals surface area contributed by atoms with Crippen molar-refractivity contribution < 1.29 is 0 Å². The van der Waals surface area contributed by atoms with Crippen molar-refractivity contribution >= 4 is 0 Å². The molecule has 6 aromatic rings. The number of nitriles is 1. The minimum Gasteiger partial charge on any atom is -0.208 e. The van der Waals surface area contributed by atoms with Gasteiger partial charge < -0.3 is 0 Å². The van der Waals surface area contributed by atoms with Crippen molar-refractivity contribution in [2.24, 2.45) is 0 Å². The molecule has 7 rings (SSSR count). The van der Waals surface area contributed by atoms with E-state index in [1.807, 2.05) is 72.8 Å². The molecule has 0 aliphatic heterocycles. The molecule has 0 fully saturated rings. The molecule has 0 saturated heterocycles. The lowest BCUT2D eigenvalue weighted by Crippen LogP contribution is -2.34. The van der Waals surface area contributed by atoms with Crippen LogP contribution in [0.15, 0.2) is 115 Å². The zero-order valence-corrected chi connectivity index (χ0v) is 27.7. The Morgan fingerprint density at radius 2 is 1.00 bits per heavy atom. The number of rotatable bonds is 5. The summed E-state index contributed by atoms with van der Waals surface area (Å²) in [6, 6.07) is 41.8. The molecule has 4 heteroatoms. The summed E-state index contributed by atoms with van der Waals surface area (Å²) in [5, 5.41) is 10.2. The molecule has 1 aliphatic carbocycles. The molecular weight excluding hydrogens is 573 g/mol. The topological polar surface area (TPSA) is 62.5 Å². The third kappa shape index (κ3) is 5.86. The molecule has 0 N–H and O–H groups in total. The summed E-state index contributed by atoms with van der Waals surface area (Å²) in [5.74, 6) is 1.72. The molecule has 1 aliphatic rings. The van der Waals surface area contributed by atoms with Crippen molar-refractivity contribution in [2.75, 3.05) is 0 Å². The Kier molecular flexibility index (Phi) is 7.57. The molecule has 47 heavy (non-hydrogen) atoms. The van der Waals surface area contributed by atoms with Gasteiger partial charge in [0.15, 0.2) is 17.5 Å². The van der Waals surface area contributed by atoms with Gasteiger partial charge in [-0.2, -0.15) is 5.26 Å². The molecule has 0 radical (unpaired) electrons. The summed E-state index contributed by atoms with van der Waals surface area (Å²) in [5.41, 5.74) is 11.8. The van der Waals surface area contributed by atoms with Crippen LogP contribution in [0.4, 0.5) is 0 Å². The molecule has 0 bridgehead atoms. The lowest BCUT2D eigenvalue weighted by Gasteiger charge is -2.42. The Labute approximate surface area is 277 Å². The van der Waals surface area contributed by atoms with Gasteiger partial charge in [-0.3, -0.25) is 0 Å². The fourth-order valence-electron chi connectivity index (χ4n) is 6.83. The summed E-state index contributed by atoms with van der Waals surface area (Å²) in [7, 11) is 0. The molecule has 0 atom stereocenters. The van der Waals surface area contributed by atoms with E-state index in [4.69, 9.17) is 15.0 Å². The first-order chi connectivity index (χ1) is 22.6. The van der Waals surface area contributed by atoms with Crippen molar-refractivity contribution in [3.63, 3.8) is 0 Å². The monoisotopic (exact) mass is 610 g/mol. The van der Waals surface area contributed by atoms with Gasteiger partial charge in [-0.15, -0.1) is 0 Å². The molecular formula is C43H38N4. The summed E-state index contributed by atoms with van der Waals surface area (Å²) in [6.45, 7) is 11.6. The minimum atomic E-state index is 0.0744. The molecule has 0 spiro atoms. The number of hydrogen-bond acceptors (Lipinski definition) is 4. The predicted molar refractivity (Wildman–Crippen MR) is 192 cm³/mol. The molecule has 0 amide bonds. The van der Waals surface area contributed by atoms with Gasteiger partial charge in [0.2, 0.25) is 0 Å². The molecule has 1 aromatic heterocycles. The third-order valence-corrected chi connectivity index (χ3v) is 9.72. The Balaban J connectivity index is 1.40. The van der Waals surface area contributed by atoms with E-state index in [0.717, 1.165) is 45.4 Å². The molecule has 1 heterocycles. The Morgan fingerprint density at radius 1 is 0.511 bits per heavy atom. The first-order valence-corrected chi connectivity index (χ1v) is 16.3. The number of fused-ring (bicyclic) bond motifs is 1. The maximum atomic E-state index is 10.2. The van der Waals surface area contributed by atoms with Crippen LogP contribution in [0.3, 0.4) is 0 Å². The van der Waals surface area contributed by atoms with E-state index >= 15 is 0 Å². The highest BCUT2D eigenvalue weighted by Crippen LogP contribution is 2.48. The molecule has 0 saturated carbocycles. The zero-order valence-electron chi connectivity index (χ0n) is 27.7. The number of nitrogens with zero attached hydrogens (tertiary/aromatic N) is 4.